The van der Waals surface area contributed by atoms with Crippen molar-refractivity contribution in [3.63, 3.8) is 0 Å². The van der Waals surface area contributed by atoms with Crippen LogP contribution in [0.25, 0.3) is 0 Å². The van der Waals surface area contributed by atoms with Crippen molar-refractivity contribution < 1.29 is 4.74 Å². The second kappa shape index (κ2) is 4.11. The van der Waals surface area contributed by atoms with Crippen LogP contribution in [0, 0.1) is 5.41 Å². The molecule has 2 atom stereocenters. The van der Waals surface area contributed by atoms with E-state index in [9.17, 15) is 0 Å². The van der Waals surface area contributed by atoms with Gasteiger partial charge in [0.2, 0.25) is 0 Å². The quantitative estimate of drug-likeness (QED) is 0.736. The molecule has 0 N–H and O–H groups in total. The molecule has 92 valence electrons. The number of benzene rings is 1. The molecule has 0 spiro atoms. The van der Waals surface area contributed by atoms with Gasteiger partial charge in [-0.25, -0.2) is 0 Å². The highest BCUT2D eigenvalue weighted by molar-refractivity contribution is 5.19. The first-order valence-corrected chi connectivity index (χ1v) is 6.61. The largest absolute Gasteiger partial charge is 0.353 e. The molecule has 0 aliphatic carbocycles. The Hall–Kier alpha value is -0.860. The van der Waals surface area contributed by atoms with Gasteiger partial charge in [-0.3, -0.25) is 4.90 Å². The number of ether oxygens (including phenoxy) is 1. The van der Waals surface area contributed by atoms with Gasteiger partial charge < -0.3 is 4.74 Å². The second-order valence-electron chi connectivity index (χ2n) is 5.97. The summed E-state index contributed by atoms with van der Waals surface area (Å²) in [6.45, 7) is 6.91. The molecule has 2 aliphatic heterocycles. The van der Waals surface area contributed by atoms with E-state index >= 15 is 0 Å². The van der Waals surface area contributed by atoms with Gasteiger partial charge in [0.25, 0.3) is 0 Å². The van der Waals surface area contributed by atoms with Crippen molar-refractivity contribution in [3.05, 3.63) is 35.9 Å². The van der Waals surface area contributed by atoms with Crippen LogP contribution in [0.15, 0.2) is 30.3 Å². The third-order valence-corrected chi connectivity index (χ3v) is 4.13. The number of hydrogen-bond donors (Lipinski definition) is 0. The maximum Gasteiger partial charge on any atom is 0.116 e. The summed E-state index contributed by atoms with van der Waals surface area (Å²) in [6, 6.07) is 10.6. The number of fused-ring (bicyclic) bond motifs is 1. The fourth-order valence-corrected chi connectivity index (χ4v) is 3.19. The van der Waals surface area contributed by atoms with Crippen molar-refractivity contribution in [2.24, 2.45) is 5.41 Å². The topological polar surface area (TPSA) is 12.5 Å². The van der Waals surface area contributed by atoms with Crippen molar-refractivity contribution >= 4 is 0 Å². The number of piperidine rings is 1. The average molecular weight is 231 g/mol. The Kier molecular flexibility index (Phi) is 2.72. The van der Waals surface area contributed by atoms with Gasteiger partial charge in [0.05, 0.1) is 6.10 Å². The van der Waals surface area contributed by atoms with Crippen molar-refractivity contribution in [2.75, 3.05) is 13.1 Å². The predicted octanol–water partition coefficient (Wildman–Crippen LogP) is 3.21. The first-order valence-electron chi connectivity index (χ1n) is 6.61. The second-order valence-corrected chi connectivity index (χ2v) is 5.97. The average Bonchev–Trinajstić information content (AvgIpc) is 2.75. The maximum absolute atomic E-state index is 6.29. The van der Waals surface area contributed by atoms with Crippen LogP contribution in [0.5, 0.6) is 0 Å². The van der Waals surface area contributed by atoms with Gasteiger partial charge in [-0.15, -0.1) is 0 Å². The van der Waals surface area contributed by atoms with E-state index in [0.29, 0.717) is 11.6 Å². The van der Waals surface area contributed by atoms with Crippen LogP contribution in [0.3, 0.4) is 0 Å². The van der Waals surface area contributed by atoms with E-state index in [4.69, 9.17) is 4.74 Å². The van der Waals surface area contributed by atoms with E-state index in [1.54, 1.807) is 0 Å². The first-order chi connectivity index (χ1) is 8.17. The molecule has 2 fully saturated rings. The van der Waals surface area contributed by atoms with Crippen LogP contribution in [-0.2, 0) is 4.74 Å². The zero-order chi connectivity index (χ0) is 11.9. The zero-order valence-corrected chi connectivity index (χ0v) is 10.7. The van der Waals surface area contributed by atoms with Gasteiger partial charge in [0, 0.05) is 18.5 Å². The third-order valence-electron chi connectivity index (χ3n) is 4.13. The Morgan fingerprint density at radius 2 is 2.00 bits per heavy atom. The van der Waals surface area contributed by atoms with Gasteiger partial charge in [0.1, 0.15) is 6.23 Å². The molecule has 2 nitrogen and oxygen atoms in total. The Labute approximate surface area is 104 Å². The van der Waals surface area contributed by atoms with E-state index < -0.39 is 0 Å². The molecule has 2 aliphatic rings. The third kappa shape index (κ3) is 2.00. The molecule has 1 aromatic rings. The van der Waals surface area contributed by atoms with E-state index in [2.05, 4.69) is 49.1 Å². The van der Waals surface area contributed by atoms with E-state index in [-0.39, 0.29) is 6.10 Å². The van der Waals surface area contributed by atoms with Gasteiger partial charge in [-0.1, -0.05) is 44.2 Å². The fraction of sp³-hybridized carbons (Fsp3) is 0.600. The van der Waals surface area contributed by atoms with Crippen molar-refractivity contribution in [2.45, 2.75) is 39.0 Å². The van der Waals surface area contributed by atoms with Crippen LogP contribution in [-0.4, -0.2) is 24.2 Å². The molecule has 0 aromatic heterocycles. The minimum atomic E-state index is 0.263. The molecule has 2 heteroatoms. The van der Waals surface area contributed by atoms with E-state index in [1.807, 2.05) is 0 Å². The summed E-state index contributed by atoms with van der Waals surface area (Å²) in [5.41, 5.74) is 1.61. The highest BCUT2D eigenvalue weighted by Crippen LogP contribution is 2.43. The summed E-state index contributed by atoms with van der Waals surface area (Å²) in [6.07, 6.45) is 3.14. The van der Waals surface area contributed by atoms with Crippen LogP contribution >= 0.6 is 0 Å². The van der Waals surface area contributed by atoms with Gasteiger partial charge in [-0.2, -0.15) is 0 Å². The summed E-state index contributed by atoms with van der Waals surface area (Å²) in [4.78, 5) is 2.52. The molecule has 0 bridgehead atoms. The number of hydrogen-bond acceptors (Lipinski definition) is 2. The fourth-order valence-electron chi connectivity index (χ4n) is 3.19. The first kappa shape index (κ1) is 11.2. The predicted molar refractivity (Wildman–Crippen MR) is 68.6 cm³/mol. The van der Waals surface area contributed by atoms with Crippen molar-refractivity contribution in [3.8, 4) is 0 Å². The summed E-state index contributed by atoms with van der Waals surface area (Å²) >= 11 is 0. The molecule has 0 unspecified atom stereocenters. The van der Waals surface area contributed by atoms with Crippen LogP contribution in [0.1, 0.15) is 38.4 Å². The Balaban J connectivity index is 1.81. The SMILES string of the molecule is CC1(C)CCCN2C[C@@H](c3ccccc3)O[C@@H]21. The molecular formula is C15H21NO. The van der Waals surface area contributed by atoms with E-state index in [1.165, 1.54) is 24.9 Å². The summed E-state index contributed by atoms with van der Waals surface area (Å²) in [5, 5.41) is 0. The zero-order valence-electron chi connectivity index (χ0n) is 10.7. The molecule has 0 radical (unpaired) electrons. The normalized spacial score (nSPS) is 32.4. The molecule has 3 rings (SSSR count). The summed E-state index contributed by atoms with van der Waals surface area (Å²) in [7, 11) is 0. The number of rotatable bonds is 1. The maximum atomic E-state index is 6.29. The summed E-state index contributed by atoms with van der Waals surface area (Å²) < 4.78 is 6.29. The molecular weight excluding hydrogens is 210 g/mol. The van der Waals surface area contributed by atoms with Gasteiger partial charge in [0.15, 0.2) is 0 Å². The minimum Gasteiger partial charge on any atom is -0.353 e. The summed E-state index contributed by atoms with van der Waals surface area (Å²) in [5.74, 6) is 0. The molecule has 17 heavy (non-hydrogen) atoms. The highest BCUT2D eigenvalue weighted by Gasteiger charge is 2.44. The van der Waals surface area contributed by atoms with Crippen LogP contribution < -0.4 is 0 Å². The highest BCUT2D eigenvalue weighted by atomic mass is 16.5. The lowest BCUT2D eigenvalue weighted by molar-refractivity contribution is -0.0977. The van der Waals surface area contributed by atoms with Crippen molar-refractivity contribution in [1.29, 1.82) is 0 Å². The number of nitrogens with zero attached hydrogens (tertiary/aromatic N) is 1. The molecule has 1 aromatic carbocycles. The molecule has 0 saturated carbocycles. The monoisotopic (exact) mass is 231 g/mol. The smallest absolute Gasteiger partial charge is 0.116 e. The lowest BCUT2D eigenvalue weighted by Gasteiger charge is -2.41. The van der Waals surface area contributed by atoms with Gasteiger partial charge in [-0.05, 0) is 18.4 Å². The Morgan fingerprint density at radius 1 is 1.24 bits per heavy atom. The van der Waals surface area contributed by atoms with Gasteiger partial charge >= 0.3 is 0 Å². The molecule has 2 saturated heterocycles. The lowest BCUT2D eigenvalue weighted by Crippen LogP contribution is -2.46. The van der Waals surface area contributed by atoms with Crippen LogP contribution in [0.4, 0.5) is 0 Å². The van der Waals surface area contributed by atoms with Crippen LogP contribution in [0.2, 0.25) is 0 Å². The van der Waals surface area contributed by atoms with E-state index in [0.717, 1.165) is 6.54 Å². The van der Waals surface area contributed by atoms with Crippen molar-refractivity contribution in [1.82, 2.24) is 4.90 Å². The standard InChI is InChI=1S/C15H21NO/c1-15(2)9-6-10-16-11-13(17-14(15)16)12-7-4-3-5-8-12/h3-5,7-8,13-14H,6,9-11H2,1-2H3/t13-,14+/m0/s1. The lowest BCUT2D eigenvalue weighted by atomic mass is 9.82. The minimum absolute atomic E-state index is 0.263. The molecule has 0 amide bonds. The molecule has 2 heterocycles. The Bertz CT molecular complexity index is 387. The Morgan fingerprint density at radius 3 is 2.71 bits per heavy atom.